The van der Waals surface area contributed by atoms with Crippen molar-refractivity contribution in [3.63, 3.8) is 0 Å². The molecule has 0 unspecified atom stereocenters. The monoisotopic (exact) mass is 523 g/mol. The minimum absolute atomic E-state index is 0.179. The SMILES string of the molecule is Cc1cc(C[C@H](N=[N+]=[N-])C(=O)O)cc(C)c1Cc1ccc(O[Si](C(C)C)(C(C)C)C(C)C)c(C(C)C)c1. The first-order chi connectivity index (χ1) is 17.2. The molecule has 0 fully saturated rings. The van der Waals surface area contributed by atoms with E-state index in [1.807, 2.05) is 12.1 Å². The topological polar surface area (TPSA) is 95.3 Å². The zero-order valence-corrected chi connectivity index (χ0v) is 25.3. The van der Waals surface area contributed by atoms with Gasteiger partial charge in [-0.2, -0.15) is 0 Å². The van der Waals surface area contributed by atoms with Gasteiger partial charge in [0.1, 0.15) is 11.8 Å². The van der Waals surface area contributed by atoms with Crippen LogP contribution in [0.15, 0.2) is 35.4 Å². The van der Waals surface area contributed by atoms with Crippen LogP contribution in [0.1, 0.15) is 94.7 Å². The number of nitrogens with zero attached hydrogens (tertiary/aromatic N) is 3. The highest BCUT2D eigenvalue weighted by molar-refractivity contribution is 6.78. The second kappa shape index (κ2) is 12.7. The van der Waals surface area contributed by atoms with E-state index in [0.717, 1.165) is 28.9 Å². The Balaban J connectivity index is 2.43. The molecule has 37 heavy (non-hydrogen) atoms. The van der Waals surface area contributed by atoms with Gasteiger partial charge in [0.2, 0.25) is 0 Å². The lowest BCUT2D eigenvalue weighted by atomic mass is 9.90. The van der Waals surface area contributed by atoms with Gasteiger partial charge in [0.15, 0.2) is 0 Å². The fraction of sp³-hybridized carbons (Fsp3) is 0.567. The highest BCUT2D eigenvalue weighted by Crippen LogP contribution is 2.44. The van der Waals surface area contributed by atoms with Crippen LogP contribution in [0.5, 0.6) is 5.75 Å². The molecule has 0 heterocycles. The van der Waals surface area contributed by atoms with Gasteiger partial charge in [0.05, 0.1) is 0 Å². The fourth-order valence-corrected chi connectivity index (χ4v) is 11.2. The molecular formula is C30H45N3O3Si. The standard InChI is InChI=1S/C30H45N3O3Si/c1-18(2)26-15-24(11-12-29(26)36-37(19(3)4,20(5)6)21(7)8)16-27-22(9)13-25(14-23(27)10)17-28(30(34)35)32-33-31/h11-15,18-21,28H,16-17H2,1-10H3,(H,34,35)/t28-/m0/s1. The normalized spacial score (nSPS) is 12.8. The molecule has 0 aromatic heterocycles. The van der Waals surface area contributed by atoms with Crippen molar-refractivity contribution in [1.82, 2.24) is 0 Å². The van der Waals surface area contributed by atoms with E-state index in [2.05, 4.69) is 97.5 Å². The van der Waals surface area contributed by atoms with Crippen molar-refractivity contribution in [3.05, 3.63) is 74.2 Å². The van der Waals surface area contributed by atoms with Crippen molar-refractivity contribution >= 4 is 14.3 Å². The van der Waals surface area contributed by atoms with E-state index in [-0.39, 0.29) is 6.42 Å². The van der Waals surface area contributed by atoms with Gasteiger partial charge in [-0.1, -0.05) is 84.8 Å². The number of carbonyl (C=O) groups is 1. The third kappa shape index (κ3) is 6.96. The lowest BCUT2D eigenvalue weighted by molar-refractivity contribution is -0.138. The van der Waals surface area contributed by atoms with Crippen molar-refractivity contribution in [1.29, 1.82) is 0 Å². The Bertz CT molecular complexity index is 1100. The highest BCUT2D eigenvalue weighted by Gasteiger charge is 2.47. The van der Waals surface area contributed by atoms with Crippen molar-refractivity contribution in [2.24, 2.45) is 5.11 Å². The smallest absolute Gasteiger partial charge is 0.312 e. The van der Waals surface area contributed by atoms with Gasteiger partial charge in [0, 0.05) is 4.91 Å². The second-order valence-corrected chi connectivity index (χ2v) is 17.0. The predicted molar refractivity (Wildman–Crippen MR) is 155 cm³/mol. The summed E-state index contributed by atoms with van der Waals surface area (Å²) < 4.78 is 7.08. The first kappa shape index (κ1) is 30.5. The van der Waals surface area contributed by atoms with Crippen LogP contribution in [-0.2, 0) is 17.6 Å². The van der Waals surface area contributed by atoms with Crippen LogP contribution in [0, 0.1) is 13.8 Å². The summed E-state index contributed by atoms with van der Waals surface area (Å²) in [6.45, 7) is 22.5. The largest absolute Gasteiger partial charge is 0.542 e. The molecule has 1 atom stereocenters. The van der Waals surface area contributed by atoms with Gasteiger partial charge >= 0.3 is 5.97 Å². The maximum absolute atomic E-state index is 11.4. The highest BCUT2D eigenvalue weighted by atomic mass is 28.4. The molecule has 2 aromatic carbocycles. The van der Waals surface area contributed by atoms with Gasteiger partial charge < -0.3 is 9.53 Å². The third-order valence-electron chi connectivity index (χ3n) is 7.73. The summed E-state index contributed by atoms with van der Waals surface area (Å²) in [4.78, 5) is 14.1. The Labute approximate surface area is 224 Å². The van der Waals surface area contributed by atoms with E-state index in [1.54, 1.807) is 0 Å². The zero-order valence-electron chi connectivity index (χ0n) is 24.3. The van der Waals surface area contributed by atoms with Crippen LogP contribution in [0.2, 0.25) is 16.6 Å². The predicted octanol–water partition coefficient (Wildman–Crippen LogP) is 8.88. The number of azide groups is 1. The van der Waals surface area contributed by atoms with Crippen LogP contribution in [0.4, 0.5) is 0 Å². The quantitative estimate of drug-likeness (QED) is 0.130. The number of carboxylic acid groups (broad SMARTS) is 1. The van der Waals surface area contributed by atoms with E-state index >= 15 is 0 Å². The van der Waals surface area contributed by atoms with Crippen LogP contribution in [0.3, 0.4) is 0 Å². The molecule has 0 saturated heterocycles. The van der Waals surface area contributed by atoms with Gasteiger partial charge in [-0.05, 0) is 94.2 Å². The molecule has 6 nitrogen and oxygen atoms in total. The Kier molecular flexibility index (Phi) is 10.4. The Morgan fingerprint density at radius 3 is 1.92 bits per heavy atom. The number of benzene rings is 2. The van der Waals surface area contributed by atoms with E-state index in [9.17, 15) is 9.90 Å². The molecular weight excluding hydrogens is 478 g/mol. The van der Waals surface area contributed by atoms with E-state index in [1.165, 1.54) is 16.7 Å². The average molecular weight is 524 g/mol. The molecule has 0 aliphatic rings. The summed E-state index contributed by atoms with van der Waals surface area (Å²) in [6.07, 6.45) is 0.968. The Morgan fingerprint density at radius 2 is 1.49 bits per heavy atom. The number of aliphatic carboxylic acids is 1. The third-order valence-corrected chi connectivity index (χ3v) is 13.7. The van der Waals surface area contributed by atoms with Crippen molar-refractivity contribution in [2.45, 2.75) is 111 Å². The number of hydrogen-bond donors (Lipinski definition) is 1. The van der Waals surface area contributed by atoms with Crippen LogP contribution in [0.25, 0.3) is 10.4 Å². The van der Waals surface area contributed by atoms with Gasteiger partial charge in [-0.25, -0.2) is 0 Å². The average Bonchev–Trinajstić information content (AvgIpc) is 2.79. The fourth-order valence-electron chi connectivity index (χ4n) is 5.94. The Hall–Kier alpha value is -2.76. The van der Waals surface area contributed by atoms with E-state index in [0.29, 0.717) is 22.5 Å². The summed E-state index contributed by atoms with van der Waals surface area (Å²) in [5, 5.41) is 12.8. The zero-order chi connectivity index (χ0) is 28.1. The summed E-state index contributed by atoms with van der Waals surface area (Å²) >= 11 is 0. The van der Waals surface area contributed by atoms with Gasteiger partial charge in [0.25, 0.3) is 8.32 Å². The molecule has 0 bridgehead atoms. The minimum Gasteiger partial charge on any atom is -0.542 e. The maximum Gasteiger partial charge on any atom is 0.312 e. The molecule has 7 heteroatoms. The van der Waals surface area contributed by atoms with Crippen molar-refractivity contribution in [2.75, 3.05) is 0 Å². The van der Waals surface area contributed by atoms with Crippen LogP contribution < -0.4 is 4.43 Å². The first-order valence-electron chi connectivity index (χ1n) is 13.4. The Morgan fingerprint density at radius 1 is 0.946 bits per heavy atom. The molecule has 1 N–H and O–H groups in total. The van der Waals surface area contributed by atoms with Gasteiger partial charge in [-0.15, -0.1) is 0 Å². The molecule has 0 aliphatic carbocycles. The molecule has 2 aromatic rings. The molecule has 202 valence electrons. The van der Waals surface area contributed by atoms with Crippen LogP contribution >= 0.6 is 0 Å². The lowest BCUT2D eigenvalue weighted by Gasteiger charge is -2.43. The first-order valence-corrected chi connectivity index (χ1v) is 15.6. The molecule has 0 spiro atoms. The molecule has 2 rings (SSSR count). The number of aryl methyl sites for hydroxylation is 2. The molecule has 0 radical (unpaired) electrons. The van der Waals surface area contributed by atoms with E-state index < -0.39 is 20.3 Å². The van der Waals surface area contributed by atoms with E-state index in [4.69, 9.17) is 9.96 Å². The number of rotatable bonds is 12. The summed E-state index contributed by atoms with van der Waals surface area (Å²) in [5.74, 6) is 0.259. The maximum atomic E-state index is 11.4. The minimum atomic E-state index is -2.06. The van der Waals surface area contributed by atoms with Crippen LogP contribution in [-0.4, -0.2) is 25.4 Å². The molecule has 0 saturated carbocycles. The van der Waals surface area contributed by atoms with Crippen molar-refractivity contribution in [3.8, 4) is 5.75 Å². The summed E-state index contributed by atoms with van der Waals surface area (Å²) in [7, 11) is -2.06. The molecule has 0 amide bonds. The number of carboxylic acids is 1. The van der Waals surface area contributed by atoms with Crippen molar-refractivity contribution < 1.29 is 14.3 Å². The number of hydrogen-bond acceptors (Lipinski definition) is 3. The summed E-state index contributed by atoms with van der Waals surface area (Å²) in [6, 6.07) is 9.59. The summed E-state index contributed by atoms with van der Waals surface area (Å²) in [5.41, 5.74) is 17.0. The lowest BCUT2D eigenvalue weighted by Crippen LogP contribution is -2.50. The molecule has 0 aliphatic heterocycles. The van der Waals surface area contributed by atoms with Gasteiger partial charge in [-0.3, -0.25) is 4.79 Å². The second-order valence-electron chi connectivity index (χ2n) is 11.6.